The van der Waals surface area contributed by atoms with E-state index in [1.165, 1.54) is 28.8 Å². The molecule has 0 fully saturated rings. The van der Waals surface area contributed by atoms with Crippen LogP contribution in [0, 0.1) is 10.8 Å². The Bertz CT molecular complexity index is 613. The first-order valence-corrected chi connectivity index (χ1v) is 8.73. The Balaban J connectivity index is 2.10. The van der Waals surface area contributed by atoms with E-state index in [1.807, 2.05) is 6.20 Å². The van der Waals surface area contributed by atoms with Crippen molar-refractivity contribution in [3.63, 3.8) is 0 Å². The maximum absolute atomic E-state index is 4.64. The molecule has 1 nitrogen and oxygen atoms in total. The van der Waals surface area contributed by atoms with E-state index in [0.29, 0.717) is 5.41 Å². The fourth-order valence-corrected chi connectivity index (χ4v) is 2.74. The largest absolute Gasteiger partial charge is 0.261 e. The van der Waals surface area contributed by atoms with Gasteiger partial charge in [-0.2, -0.15) is 0 Å². The Morgan fingerprint density at radius 2 is 1.39 bits per heavy atom. The van der Waals surface area contributed by atoms with E-state index >= 15 is 0 Å². The van der Waals surface area contributed by atoms with Crippen LogP contribution in [-0.4, -0.2) is 4.98 Å². The Morgan fingerprint density at radius 1 is 0.783 bits per heavy atom. The zero-order valence-corrected chi connectivity index (χ0v) is 15.6. The number of aromatic nitrogens is 1. The highest BCUT2D eigenvalue weighted by molar-refractivity contribution is 5.62. The lowest BCUT2D eigenvalue weighted by Gasteiger charge is -2.22. The van der Waals surface area contributed by atoms with Crippen molar-refractivity contribution in [3.05, 3.63) is 53.9 Å². The van der Waals surface area contributed by atoms with Gasteiger partial charge >= 0.3 is 0 Å². The van der Waals surface area contributed by atoms with E-state index < -0.39 is 0 Å². The third-order valence-electron chi connectivity index (χ3n) is 4.46. The molecule has 0 N–H and O–H groups in total. The van der Waals surface area contributed by atoms with Gasteiger partial charge in [-0.1, -0.05) is 78.3 Å². The monoisotopic (exact) mass is 309 g/mol. The van der Waals surface area contributed by atoms with E-state index in [0.717, 1.165) is 12.8 Å². The first-order valence-electron chi connectivity index (χ1n) is 8.73. The lowest BCUT2D eigenvalue weighted by Crippen LogP contribution is -2.13. The normalized spacial score (nSPS) is 12.4. The van der Waals surface area contributed by atoms with Crippen LogP contribution in [0.5, 0.6) is 0 Å². The molecule has 0 aliphatic rings. The standard InChI is InChI=1S/C22H31N/c1-7-22(5,6)14-17-8-10-18(11-9-17)19-12-13-20(23-16-19)15-21(2,3)4/h8-13,16H,7,14-15H2,1-6H3. The summed E-state index contributed by atoms with van der Waals surface area (Å²) in [6.07, 6.45) is 5.35. The first-order chi connectivity index (χ1) is 10.7. The molecule has 0 amide bonds. The molecule has 2 rings (SSSR count). The lowest BCUT2D eigenvalue weighted by molar-refractivity contribution is 0.349. The molecule has 1 heterocycles. The van der Waals surface area contributed by atoms with Crippen molar-refractivity contribution >= 4 is 0 Å². The lowest BCUT2D eigenvalue weighted by atomic mass is 9.83. The minimum Gasteiger partial charge on any atom is -0.261 e. The molecule has 0 unspecified atom stereocenters. The van der Waals surface area contributed by atoms with E-state index in [9.17, 15) is 0 Å². The summed E-state index contributed by atoms with van der Waals surface area (Å²) in [6, 6.07) is 13.3. The van der Waals surface area contributed by atoms with Crippen molar-refractivity contribution in [2.75, 3.05) is 0 Å². The van der Waals surface area contributed by atoms with Crippen molar-refractivity contribution in [2.45, 2.75) is 60.8 Å². The fourth-order valence-electron chi connectivity index (χ4n) is 2.74. The van der Waals surface area contributed by atoms with Crippen molar-refractivity contribution in [2.24, 2.45) is 10.8 Å². The predicted octanol–water partition coefficient (Wildman–Crippen LogP) is 6.32. The van der Waals surface area contributed by atoms with Crippen molar-refractivity contribution in [1.82, 2.24) is 4.98 Å². The quantitative estimate of drug-likeness (QED) is 0.630. The third-order valence-corrected chi connectivity index (χ3v) is 4.46. The molecule has 0 aliphatic carbocycles. The summed E-state index contributed by atoms with van der Waals surface area (Å²) in [5, 5.41) is 0. The number of hydrogen-bond donors (Lipinski definition) is 0. The van der Waals surface area contributed by atoms with E-state index in [-0.39, 0.29) is 5.41 Å². The van der Waals surface area contributed by atoms with Crippen LogP contribution >= 0.6 is 0 Å². The summed E-state index contributed by atoms with van der Waals surface area (Å²) >= 11 is 0. The van der Waals surface area contributed by atoms with Crippen LogP contribution < -0.4 is 0 Å². The molecule has 0 spiro atoms. The van der Waals surface area contributed by atoms with Gasteiger partial charge in [0.05, 0.1) is 0 Å². The number of hydrogen-bond acceptors (Lipinski definition) is 1. The number of pyridine rings is 1. The highest BCUT2D eigenvalue weighted by atomic mass is 14.7. The van der Waals surface area contributed by atoms with Crippen LogP contribution in [0.3, 0.4) is 0 Å². The van der Waals surface area contributed by atoms with E-state index in [2.05, 4.69) is 82.9 Å². The Hall–Kier alpha value is -1.63. The van der Waals surface area contributed by atoms with Gasteiger partial charge in [-0.15, -0.1) is 0 Å². The first kappa shape index (κ1) is 17.7. The Morgan fingerprint density at radius 3 is 1.87 bits per heavy atom. The van der Waals surface area contributed by atoms with Crippen LogP contribution in [0.2, 0.25) is 0 Å². The Labute approximate surface area is 142 Å². The molecule has 0 aliphatic heterocycles. The second kappa shape index (κ2) is 6.86. The maximum Gasteiger partial charge on any atom is 0.0409 e. The molecule has 0 saturated carbocycles. The SMILES string of the molecule is CCC(C)(C)Cc1ccc(-c2ccc(CC(C)(C)C)nc2)cc1. The molecule has 0 radical (unpaired) electrons. The predicted molar refractivity (Wildman–Crippen MR) is 101 cm³/mol. The molecular formula is C22H31N. The number of rotatable bonds is 5. The van der Waals surface area contributed by atoms with E-state index in [4.69, 9.17) is 0 Å². The number of nitrogens with zero attached hydrogens (tertiary/aromatic N) is 1. The Kier molecular flexibility index (Phi) is 5.29. The fraction of sp³-hybridized carbons (Fsp3) is 0.500. The molecular weight excluding hydrogens is 278 g/mol. The van der Waals surface area contributed by atoms with Crippen LogP contribution in [0.15, 0.2) is 42.6 Å². The second-order valence-electron chi connectivity index (χ2n) is 8.67. The maximum atomic E-state index is 4.64. The molecule has 0 saturated heterocycles. The summed E-state index contributed by atoms with van der Waals surface area (Å²) < 4.78 is 0. The summed E-state index contributed by atoms with van der Waals surface area (Å²) in [4.78, 5) is 4.64. The van der Waals surface area contributed by atoms with Gasteiger partial charge in [0.1, 0.15) is 0 Å². The van der Waals surface area contributed by atoms with Gasteiger partial charge in [0.2, 0.25) is 0 Å². The minimum absolute atomic E-state index is 0.280. The van der Waals surface area contributed by atoms with Gasteiger partial charge in [0.25, 0.3) is 0 Å². The summed E-state index contributed by atoms with van der Waals surface area (Å²) in [5.41, 5.74) is 5.68. The van der Waals surface area contributed by atoms with Crippen LogP contribution in [0.25, 0.3) is 11.1 Å². The van der Waals surface area contributed by atoms with Gasteiger partial charge < -0.3 is 0 Å². The van der Waals surface area contributed by atoms with E-state index in [1.54, 1.807) is 0 Å². The van der Waals surface area contributed by atoms with Gasteiger partial charge in [-0.25, -0.2) is 0 Å². The molecule has 0 bridgehead atoms. The highest BCUT2D eigenvalue weighted by Gasteiger charge is 2.15. The molecule has 1 aromatic carbocycles. The molecule has 124 valence electrons. The third kappa shape index (κ3) is 5.49. The summed E-state index contributed by atoms with van der Waals surface area (Å²) in [6.45, 7) is 13.7. The van der Waals surface area contributed by atoms with Crippen molar-refractivity contribution < 1.29 is 0 Å². The number of benzene rings is 1. The molecule has 0 atom stereocenters. The smallest absolute Gasteiger partial charge is 0.0409 e. The summed E-state index contributed by atoms with van der Waals surface area (Å²) in [7, 11) is 0. The average molecular weight is 309 g/mol. The highest BCUT2D eigenvalue weighted by Crippen LogP contribution is 2.27. The minimum atomic E-state index is 0.280. The van der Waals surface area contributed by atoms with Gasteiger partial charge in [0.15, 0.2) is 0 Å². The average Bonchev–Trinajstić information content (AvgIpc) is 2.47. The van der Waals surface area contributed by atoms with Crippen molar-refractivity contribution in [1.29, 1.82) is 0 Å². The molecule has 2 aromatic rings. The van der Waals surface area contributed by atoms with Gasteiger partial charge in [0, 0.05) is 17.5 Å². The van der Waals surface area contributed by atoms with Gasteiger partial charge in [-0.05, 0) is 40.9 Å². The van der Waals surface area contributed by atoms with Crippen LogP contribution in [0.1, 0.15) is 59.2 Å². The van der Waals surface area contributed by atoms with Crippen LogP contribution in [-0.2, 0) is 12.8 Å². The zero-order chi connectivity index (χ0) is 17.1. The molecule has 1 heteroatoms. The molecule has 23 heavy (non-hydrogen) atoms. The topological polar surface area (TPSA) is 12.9 Å². The molecule has 1 aromatic heterocycles. The van der Waals surface area contributed by atoms with Gasteiger partial charge in [-0.3, -0.25) is 4.98 Å². The summed E-state index contributed by atoms with van der Waals surface area (Å²) in [5.74, 6) is 0. The van der Waals surface area contributed by atoms with Crippen molar-refractivity contribution in [3.8, 4) is 11.1 Å². The second-order valence-corrected chi connectivity index (χ2v) is 8.67. The van der Waals surface area contributed by atoms with Crippen LogP contribution in [0.4, 0.5) is 0 Å². The zero-order valence-electron chi connectivity index (χ0n) is 15.6.